The summed E-state index contributed by atoms with van der Waals surface area (Å²) in [6, 6.07) is 0.308. The number of carbonyl (C=O) groups is 1. The summed E-state index contributed by atoms with van der Waals surface area (Å²) in [6.07, 6.45) is 7.71. The van der Waals surface area contributed by atoms with Gasteiger partial charge in [-0.05, 0) is 32.1 Å². The van der Waals surface area contributed by atoms with Gasteiger partial charge in [0.25, 0.3) is 0 Å². The summed E-state index contributed by atoms with van der Waals surface area (Å²) in [7, 11) is 0. The normalized spacial score (nSPS) is 30.2. The van der Waals surface area contributed by atoms with Gasteiger partial charge >= 0.3 is 6.09 Å². The molecule has 2 unspecified atom stereocenters. The van der Waals surface area contributed by atoms with Crippen molar-refractivity contribution in [2.75, 3.05) is 13.2 Å². The third-order valence-electron chi connectivity index (χ3n) is 3.12. The molecule has 0 aromatic rings. The minimum absolute atomic E-state index is 0.147. The van der Waals surface area contributed by atoms with Gasteiger partial charge in [-0.2, -0.15) is 0 Å². The lowest BCUT2D eigenvalue weighted by atomic mass is 9.90. The molecular weight excluding hydrogens is 178 g/mol. The first-order valence-electron chi connectivity index (χ1n) is 5.43. The Balaban J connectivity index is 2.03. The predicted molar refractivity (Wildman–Crippen MR) is 54.0 cm³/mol. The summed E-state index contributed by atoms with van der Waals surface area (Å²) < 4.78 is 5.03. The van der Waals surface area contributed by atoms with Crippen LogP contribution in [-0.2, 0) is 4.74 Å². The zero-order valence-electron chi connectivity index (χ0n) is 8.61. The zero-order valence-corrected chi connectivity index (χ0v) is 8.61. The molecular formula is C11H17NO2. The molecule has 0 bridgehead atoms. The minimum atomic E-state index is -0.147. The number of hydrogen-bond acceptors (Lipinski definition) is 2. The Labute approximate surface area is 84.7 Å². The van der Waals surface area contributed by atoms with Gasteiger partial charge in [0, 0.05) is 6.54 Å². The van der Waals surface area contributed by atoms with E-state index in [1.807, 2.05) is 11.8 Å². The topological polar surface area (TPSA) is 29.5 Å². The molecule has 2 atom stereocenters. The highest BCUT2D eigenvalue weighted by Crippen LogP contribution is 2.32. The molecule has 2 rings (SSSR count). The number of allylic oxidation sites excluding steroid dienone is 1. The quantitative estimate of drug-likeness (QED) is 0.600. The van der Waals surface area contributed by atoms with Gasteiger partial charge in [0.15, 0.2) is 0 Å². The molecule has 1 aliphatic heterocycles. The van der Waals surface area contributed by atoms with Crippen LogP contribution in [0.1, 0.15) is 26.2 Å². The van der Waals surface area contributed by atoms with Gasteiger partial charge in [-0.25, -0.2) is 4.79 Å². The third-order valence-corrected chi connectivity index (χ3v) is 3.12. The molecule has 0 aromatic carbocycles. The number of fused-ring (bicyclic) bond motifs is 1. The number of likely N-dealkylation sites (tertiary alicyclic amines) is 1. The molecule has 78 valence electrons. The Morgan fingerprint density at radius 3 is 3.21 bits per heavy atom. The lowest BCUT2D eigenvalue weighted by Crippen LogP contribution is -2.37. The van der Waals surface area contributed by atoms with E-state index in [4.69, 9.17) is 4.74 Å². The van der Waals surface area contributed by atoms with Crippen LogP contribution in [0.4, 0.5) is 4.79 Å². The number of amides is 1. The molecule has 0 aromatic heterocycles. The van der Waals surface area contributed by atoms with Crippen LogP contribution >= 0.6 is 0 Å². The number of carbonyl (C=O) groups excluding carboxylic acids is 1. The minimum Gasteiger partial charge on any atom is -0.450 e. The zero-order chi connectivity index (χ0) is 9.97. The smallest absolute Gasteiger partial charge is 0.410 e. The van der Waals surface area contributed by atoms with Crippen LogP contribution in [0.25, 0.3) is 0 Å². The molecule has 0 N–H and O–H groups in total. The van der Waals surface area contributed by atoms with Crippen molar-refractivity contribution in [2.45, 2.75) is 32.2 Å². The van der Waals surface area contributed by atoms with Crippen LogP contribution in [0, 0.1) is 5.92 Å². The Bertz CT molecular complexity index is 250. The molecule has 0 radical (unpaired) electrons. The van der Waals surface area contributed by atoms with Gasteiger partial charge in [0.2, 0.25) is 0 Å². The first-order valence-corrected chi connectivity index (χ1v) is 5.43. The van der Waals surface area contributed by atoms with Gasteiger partial charge in [-0.3, -0.25) is 0 Å². The van der Waals surface area contributed by atoms with E-state index in [9.17, 15) is 4.79 Å². The van der Waals surface area contributed by atoms with Crippen LogP contribution in [0.2, 0.25) is 0 Å². The number of rotatable bonds is 1. The largest absolute Gasteiger partial charge is 0.450 e. The van der Waals surface area contributed by atoms with Gasteiger partial charge in [0.1, 0.15) is 0 Å². The maximum Gasteiger partial charge on any atom is 0.410 e. The summed E-state index contributed by atoms with van der Waals surface area (Å²) in [5, 5.41) is 0. The van der Waals surface area contributed by atoms with Crippen molar-refractivity contribution in [1.82, 2.24) is 4.90 Å². The van der Waals surface area contributed by atoms with E-state index in [0.717, 1.165) is 19.4 Å². The van der Waals surface area contributed by atoms with Gasteiger partial charge in [-0.15, -0.1) is 0 Å². The van der Waals surface area contributed by atoms with E-state index in [0.29, 0.717) is 18.6 Å². The molecule has 0 saturated carbocycles. The fraction of sp³-hybridized carbons (Fsp3) is 0.727. The predicted octanol–water partition coefficient (Wildman–Crippen LogP) is 2.18. The van der Waals surface area contributed by atoms with Crippen LogP contribution < -0.4 is 0 Å². The van der Waals surface area contributed by atoms with E-state index in [-0.39, 0.29) is 6.09 Å². The van der Waals surface area contributed by atoms with E-state index in [1.54, 1.807) is 0 Å². The monoisotopic (exact) mass is 195 g/mol. The van der Waals surface area contributed by atoms with E-state index < -0.39 is 0 Å². The summed E-state index contributed by atoms with van der Waals surface area (Å²) in [5.41, 5.74) is 0. The molecule has 1 saturated heterocycles. The van der Waals surface area contributed by atoms with Crippen molar-refractivity contribution in [1.29, 1.82) is 0 Å². The van der Waals surface area contributed by atoms with Gasteiger partial charge in [-0.1, -0.05) is 12.2 Å². The van der Waals surface area contributed by atoms with Crippen molar-refractivity contribution < 1.29 is 9.53 Å². The van der Waals surface area contributed by atoms with Crippen molar-refractivity contribution in [3.63, 3.8) is 0 Å². The van der Waals surface area contributed by atoms with Gasteiger partial charge < -0.3 is 9.64 Å². The first-order chi connectivity index (χ1) is 6.83. The van der Waals surface area contributed by atoms with E-state index in [1.165, 1.54) is 6.42 Å². The molecule has 1 aliphatic carbocycles. The molecule has 1 amide bonds. The van der Waals surface area contributed by atoms with Crippen LogP contribution in [0.5, 0.6) is 0 Å². The van der Waals surface area contributed by atoms with Crippen LogP contribution in [-0.4, -0.2) is 30.2 Å². The Morgan fingerprint density at radius 2 is 2.43 bits per heavy atom. The highest BCUT2D eigenvalue weighted by molar-refractivity contribution is 5.69. The molecule has 1 fully saturated rings. The lowest BCUT2D eigenvalue weighted by Gasteiger charge is -2.26. The van der Waals surface area contributed by atoms with Crippen molar-refractivity contribution in [3.8, 4) is 0 Å². The molecule has 0 spiro atoms. The highest BCUT2D eigenvalue weighted by atomic mass is 16.6. The van der Waals surface area contributed by atoms with Crippen LogP contribution in [0.15, 0.2) is 12.2 Å². The molecule has 3 heteroatoms. The Hall–Kier alpha value is -0.990. The molecule has 3 nitrogen and oxygen atoms in total. The number of nitrogens with zero attached hydrogens (tertiary/aromatic N) is 1. The second-order valence-electron chi connectivity index (χ2n) is 3.94. The Kier molecular flexibility index (Phi) is 2.75. The van der Waals surface area contributed by atoms with Gasteiger partial charge in [0.05, 0.1) is 12.6 Å². The van der Waals surface area contributed by atoms with Crippen LogP contribution in [0.3, 0.4) is 0 Å². The van der Waals surface area contributed by atoms with Crippen molar-refractivity contribution >= 4 is 6.09 Å². The van der Waals surface area contributed by atoms with E-state index >= 15 is 0 Å². The van der Waals surface area contributed by atoms with Crippen molar-refractivity contribution in [3.05, 3.63) is 12.2 Å². The van der Waals surface area contributed by atoms with Crippen molar-refractivity contribution in [2.24, 2.45) is 5.92 Å². The summed E-state index contributed by atoms with van der Waals surface area (Å²) in [5.74, 6) is 0.671. The molecule has 2 aliphatic rings. The highest BCUT2D eigenvalue weighted by Gasteiger charge is 2.36. The second-order valence-corrected chi connectivity index (χ2v) is 3.94. The maximum absolute atomic E-state index is 11.6. The Morgan fingerprint density at radius 1 is 1.57 bits per heavy atom. The summed E-state index contributed by atoms with van der Waals surface area (Å²) in [4.78, 5) is 13.4. The molecule has 14 heavy (non-hydrogen) atoms. The van der Waals surface area contributed by atoms with E-state index in [2.05, 4.69) is 12.2 Å². The first kappa shape index (κ1) is 9.56. The SMILES string of the molecule is CCOC(=O)N1CCC2CCC=CC21. The lowest BCUT2D eigenvalue weighted by molar-refractivity contribution is 0.105. The standard InChI is InChI=1S/C11H17NO2/c1-2-14-11(13)12-8-7-9-5-3-4-6-10(9)12/h4,6,9-10H,2-3,5,7-8H2,1H3. The average molecular weight is 195 g/mol. The second kappa shape index (κ2) is 4.03. The fourth-order valence-corrected chi connectivity index (χ4v) is 2.42. The number of ether oxygens (including phenoxy) is 1. The fourth-order valence-electron chi connectivity index (χ4n) is 2.42. The third kappa shape index (κ3) is 1.63. The molecule has 1 heterocycles. The summed E-state index contributed by atoms with van der Waals surface area (Å²) >= 11 is 0. The maximum atomic E-state index is 11.6. The summed E-state index contributed by atoms with van der Waals surface area (Å²) in [6.45, 7) is 3.18. The number of hydrogen-bond donors (Lipinski definition) is 0. The average Bonchev–Trinajstić information content (AvgIpc) is 2.61.